The Morgan fingerprint density at radius 3 is 2.03 bits per heavy atom. The molecular formula is C21H22N2O6S. The van der Waals surface area contributed by atoms with Gasteiger partial charge >= 0.3 is 0 Å². The van der Waals surface area contributed by atoms with Gasteiger partial charge in [-0.3, -0.25) is 10.1 Å². The van der Waals surface area contributed by atoms with Gasteiger partial charge in [0.15, 0.2) is 28.1 Å². The number of hydrogen-bond acceptors (Lipinski definition) is 8. The van der Waals surface area contributed by atoms with E-state index < -0.39 is 0 Å². The summed E-state index contributed by atoms with van der Waals surface area (Å²) in [6.07, 6.45) is 3.06. The van der Waals surface area contributed by atoms with Crippen LogP contribution in [-0.4, -0.2) is 46.4 Å². The molecule has 9 heteroatoms. The molecule has 2 aromatic carbocycles. The van der Waals surface area contributed by atoms with Gasteiger partial charge in [0, 0.05) is 18.2 Å². The van der Waals surface area contributed by atoms with Crippen LogP contribution in [0.5, 0.6) is 28.7 Å². The van der Waals surface area contributed by atoms with Crippen LogP contribution in [0.15, 0.2) is 30.3 Å². The molecule has 0 aliphatic heterocycles. The standard InChI is InChI=1S/C21H22N2O6S/c1-25-14-10-13-18(11-15(14)26-2)30-21(22-13)23-19(24)7-6-12-8-16(27-3)20(29-5)17(9-12)28-4/h6-11H,1-5H3,(H,22,23,24)/b7-6+. The third-order valence-corrected chi connectivity index (χ3v) is 5.17. The lowest BCUT2D eigenvalue weighted by Gasteiger charge is -2.12. The average molecular weight is 430 g/mol. The van der Waals surface area contributed by atoms with E-state index in [1.54, 1.807) is 38.5 Å². The maximum Gasteiger partial charge on any atom is 0.250 e. The number of nitrogens with one attached hydrogen (secondary N) is 1. The number of nitrogens with zero attached hydrogens (tertiary/aromatic N) is 1. The number of amides is 1. The van der Waals surface area contributed by atoms with Crippen molar-refractivity contribution < 1.29 is 28.5 Å². The molecule has 0 saturated heterocycles. The molecule has 1 amide bonds. The predicted octanol–water partition coefficient (Wildman–Crippen LogP) is 3.99. The van der Waals surface area contributed by atoms with Crippen molar-refractivity contribution >= 4 is 38.7 Å². The molecule has 0 spiro atoms. The van der Waals surface area contributed by atoms with Crippen molar-refractivity contribution in [2.75, 3.05) is 40.9 Å². The Morgan fingerprint density at radius 2 is 1.47 bits per heavy atom. The topological polar surface area (TPSA) is 88.1 Å². The highest BCUT2D eigenvalue weighted by molar-refractivity contribution is 7.22. The molecule has 3 aromatic rings. The van der Waals surface area contributed by atoms with Gasteiger partial charge in [-0.15, -0.1) is 0 Å². The van der Waals surface area contributed by atoms with Crippen LogP contribution in [0.1, 0.15) is 5.56 Å². The smallest absolute Gasteiger partial charge is 0.250 e. The van der Waals surface area contributed by atoms with Gasteiger partial charge in [0.25, 0.3) is 0 Å². The number of hydrogen-bond donors (Lipinski definition) is 1. The normalized spacial score (nSPS) is 10.8. The van der Waals surface area contributed by atoms with Crippen molar-refractivity contribution in [2.45, 2.75) is 0 Å². The Kier molecular flexibility index (Phi) is 6.63. The largest absolute Gasteiger partial charge is 0.493 e. The van der Waals surface area contributed by atoms with Crippen LogP contribution < -0.4 is 29.0 Å². The molecule has 0 radical (unpaired) electrons. The number of anilines is 1. The summed E-state index contributed by atoms with van der Waals surface area (Å²) in [6, 6.07) is 7.10. The van der Waals surface area contributed by atoms with Gasteiger partial charge in [0.2, 0.25) is 11.7 Å². The van der Waals surface area contributed by atoms with E-state index in [1.165, 1.54) is 38.7 Å². The van der Waals surface area contributed by atoms with Crippen LogP contribution in [0, 0.1) is 0 Å². The molecule has 0 aliphatic rings. The number of aromatic nitrogens is 1. The second kappa shape index (κ2) is 9.36. The maximum atomic E-state index is 12.4. The molecule has 0 bridgehead atoms. The van der Waals surface area contributed by atoms with Crippen LogP contribution >= 0.6 is 11.3 Å². The summed E-state index contributed by atoms with van der Waals surface area (Å²) in [5, 5.41) is 3.24. The van der Waals surface area contributed by atoms with E-state index in [0.717, 1.165) is 10.3 Å². The second-order valence-corrected chi connectivity index (χ2v) is 7.01. The zero-order valence-corrected chi connectivity index (χ0v) is 18.1. The van der Waals surface area contributed by atoms with Crippen LogP contribution in [0.2, 0.25) is 0 Å². The van der Waals surface area contributed by atoms with E-state index in [0.29, 0.717) is 39.4 Å². The summed E-state index contributed by atoms with van der Waals surface area (Å²) in [7, 11) is 7.74. The van der Waals surface area contributed by atoms with Gasteiger partial charge in [-0.05, 0) is 23.8 Å². The lowest BCUT2D eigenvalue weighted by Crippen LogP contribution is -2.07. The Bertz CT molecular complexity index is 1030. The van der Waals surface area contributed by atoms with Crippen molar-refractivity contribution in [3.05, 3.63) is 35.9 Å². The Balaban J connectivity index is 1.79. The molecule has 0 aliphatic carbocycles. The zero-order valence-electron chi connectivity index (χ0n) is 17.3. The van der Waals surface area contributed by atoms with Crippen LogP contribution in [0.3, 0.4) is 0 Å². The second-order valence-electron chi connectivity index (χ2n) is 5.98. The highest BCUT2D eigenvalue weighted by Crippen LogP contribution is 2.39. The Morgan fingerprint density at radius 1 is 0.867 bits per heavy atom. The molecule has 1 aromatic heterocycles. The van der Waals surface area contributed by atoms with E-state index in [2.05, 4.69) is 10.3 Å². The van der Waals surface area contributed by atoms with E-state index in [-0.39, 0.29) is 5.91 Å². The fourth-order valence-electron chi connectivity index (χ4n) is 2.83. The van der Waals surface area contributed by atoms with Gasteiger partial charge < -0.3 is 23.7 Å². The summed E-state index contributed by atoms with van der Waals surface area (Å²) in [4.78, 5) is 16.8. The monoisotopic (exact) mass is 430 g/mol. The summed E-state index contributed by atoms with van der Waals surface area (Å²) in [5.41, 5.74) is 1.43. The van der Waals surface area contributed by atoms with Gasteiger partial charge in [-0.2, -0.15) is 0 Å². The fourth-order valence-corrected chi connectivity index (χ4v) is 3.70. The molecule has 1 N–H and O–H groups in total. The predicted molar refractivity (Wildman–Crippen MR) is 116 cm³/mol. The van der Waals surface area contributed by atoms with Crippen LogP contribution in [0.25, 0.3) is 16.3 Å². The minimum Gasteiger partial charge on any atom is -0.493 e. The molecule has 3 rings (SSSR count). The highest BCUT2D eigenvalue weighted by Gasteiger charge is 2.13. The number of rotatable bonds is 8. The van der Waals surface area contributed by atoms with Crippen molar-refractivity contribution in [3.63, 3.8) is 0 Å². The number of carbonyl (C=O) groups excluding carboxylic acids is 1. The Labute approximate surface area is 178 Å². The molecule has 0 fully saturated rings. The highest BCUT2D eigenvalue weighted by atomic mass is 32.1. The van der Waals surface area contributed by atoms with E-state index in [1.807, 2.05) is 6.07 Å². The minimum absolute atomic E-state index is 0.318. The van der Waals surface area contributed by atoms with Gasteiger partial charge in [0.05, 0.1) is 45.8 Å². The van der Waals surface area contributed by atoms with E-state index in [4.69, 9.17) is 23.7 Å². The molecule has 0 atom stereocenters. The van der Waals surface area contributed by atoms with Crippen LogP contribution in [-0.2, 0) is 4.79 Å². The molecule has 8 nitrogen and oxygen atoms in total. The molecule has 1 heterocycles. The first-order valence-corrected chi connectivity index (χ1v) is 9.66. The summed E-state index contributed by atoms with van der Waals surface area (Å²) in [5.74, 6) is 2.37. The third kappa shape index (κ3) is 4.41. The maximum absolute atomic E-state index is 12.4. The van der Waals surface area contributed by atoms with Gasteiger partial charge in [0.1, 0.15) is 0 Å². The van der Waals surface area contributed by atoms with Crippen molar-refractivity contribution in [1.82, 2.24) is 4.98 Å². The number of fused-ring (bicyclic) bond motifs is 1. The van der Waals surface area contributed by atoms with Gasteiger partial charge in [-0.25, -0.2) is 4.98 Å². The number of ether oxygens (including phenoxy) is 5. The molecule has 0 unspecified atom stereocenters. The fraction of sp³-hybridized carbons (Fsp3) is 0.238. The Hall–Kier alpha value is -3.46. The average Bonchev–Trinajstić information content (AvgIpc) is 3.16. The van der Waals surface area contributed by atoms with Crippen molar-refractivity contribution in [3.8, 4) is 28.7 Å². The first kappa shape index (κ1) is 21.3. The molecular weight excluding hydrogens is 408 g/mol. The SMILES string of the molecule is COc1cc2nc(NC(=O)/C=C/c3cc(OC)c(OC)c(OC)c3)sc2cc1OC. The minimum atomic E-state index is -0.318. The van der Waals surface area contributed by atoms with Crippen LogP contribution in [0.4, 0.5) is 5.13 Å². The summed E-state index contributed by atoms with van der Waals surface area (Å²) in [6.45, 7) is 0. The molecule has 158 valence electrons. The first-order chi connectivity index (χ1) is 14.5. The number of benzene rings is 2. The number of methoxy groups -OCH3 is 5. The third-order valence-electron chi connectivity index (χ3n) is 4.24. The van der Waals surface area contributed by atoms with Crippen molar-refractivity contribution in [2.24, 2.45) is 0 Å². The number of carbonyl (C=O) groups is 1. The van der Waals surface area contributed by atoms with Gasteiger partial charge in [-0.1, -0.05) is 11.3 Å². The zero-order chi connectivity index (χ0) is 21.7. The van der Waals surface area contributed by atoms with E-state index in [9.17, 15) is 4.79 Å². The molecule has 30 heavy (non-hydrogen) atoms. The van der Waals surface area contributed by atoms with E-state index >= 15 is 0 Å². The lowest BCUT2D eigenvalue weighted by molar-refractivity contribution is -0.111. The summed E-state index contributed by atoms with van der Waals surface area (Å²) < 4.78 is 27.4. The lowest BCUT2D eigenvalue weighted by atomic mass is 10.1. The summed E-state index contributed by atoms with van der Waals surface area (Å²) >= 11 is 1.34. The first-order valence-electron chi connectivity index (χ1n) is 8.84. The molecule has 0 saturated carbocycles. The number of thiazole rings is 1. The quantitative estimate of drug-likeness (QED) is 0.541. The van der Waals surface area contributed by atoms with Crippen molar-refractivity contribution in [1.29, 1.82) is 0 Å².